The van der Waals surface area contributed by atoms with Crippen molar-refractivity contribution < 1.29 is 9.53 Å². The number of halogens is 1. The number of carbonyl (C=O) groups is 1. The van der Waals surface area contributed by atoms with Gasteiger partial charge in [0.25, 0.3) is 0 Å². The predicted octanol–water partition coefficient (Wildman–Crippen LogP) is 2.53. The molecule has 0 spiro atoms. The van der Waals surface area contributed by atoms with Gasteiger partial charge >= 0.3 is 5.97 Å². The highest BCUT2D eigenvalue weighted by Crippen LogP contribution is 2.24. The molecule has 0 aromatic heterocycles. The smallest absolute Gasteiger partial charge is 0.333 e. The van der Waals surface area contributed by atoms with Crippen molar-refractivity contribution in [1.82, 2.24) is 0 Å². The van der Waals surface area contributed by atoms with Crippen LogP contribution in [0.4, 0.5) is 0 Å². The van der Waals surface area contributed by atoms with Crippen molar-refractivity contribution in [1.29, 1.82) is 0 Å². The van der Waals surface area contributed by atoms with Crippen molar-refractivity contribution in [3.8, 4) is 0 Å². The van der Waals surface area contributed by atoms with Gasteiger partial charge in [-0.15, -0.1) is 0 Å². The Balaban J connectivity index is 4.04. The number of carbonyl (C=O) groups excluding carboxylic acids is 1. The fraction of sp³-hybridized carbons (Fsp3) is 0.667. The van der Waals surface area contributed by atoms with Crippen LogP contribution in [0.3, 0.4) is 0 Å². The zero-order valence-electron chi connectivity index (χ0n) is 7.82. The Morgan fingerprint density at radius 1 is 1.50 bits per heavy atom. The van der Waals surface area contributed by atoms with Crippen LogP contribution in [-0.4, -0.2) is 17.9 Å². The molecule has 0 aliphatic rings. The molecular formula is C9H15BrO2. The van der Waals surface area contributed by atoms with E-state index in [1.807, 2.05) is 20.8 Å². The first-order chi connectivity index (χ1) is 5.39. The van der Waals surface area contributed by atoms with E-state index in [0.29, 0.717) is 17.5 Å². The third-order valence-electron chi connectivity index (χ3n) is 1.46. The maximum Gasteiger partial charge on any atom is 0.333 e. The zero-order valence-corrected chi connectivity index (χ0v) is 9.40. The van der Waals surface area contributed by atoms with Crippen LogP contribution in [0.5, 0.6) is 0 Å². The molecule has 0 N–H and O–H groups in total. The summed E-state index contributed by atoms with van der Waals surface area (Å²) in [6.07, 6.45) is 0. The summed E-state index contributed by atoms with van der Waals surface area (Å²) < 4.78 is 4.89. The third-order valence-corrected chi connectivity index (χ3v) is 1.79. The van der Waals surface area contributed by atoms with Crippen molar-refractivity contribution in [2.75, 3.05) is 11.9 Å². The second kappa shape index (κ2) is 4.65. The van der Waals surface area contributed by atoms with Crippen LogP contribution in [0.15, 0.2) is 12.2 Å². The Morgan fingerprint density at radius 3 is 2.33 bits per heavy atom. The minimum Gasteiger partial charge on any atom is -0.461 e. The Hall–Kier alpha value is -0.310. The topological polar surface area (TPSA) is 26.3 Å². The van der Waals surface area contributed by atoms with E-state index in [9.17, 15) is 4.79 Å². The van der Waals surface area contributed by atoms with Gasteiger partial charge in [0.1, 0.15) is 6.61 Å². The fourth-order valence-corrected chi connectivity index (χ4v) is 0.686. The summed E-state index contributed by atoms with van der Waals surface area (Å²) in [6.45, 7) is 9.89. The third kappa shape index (κ3) is 3.90. The van der Waals surface area contributed by atoms with Gasteiger partial charge in [-0.2, -0.15) is 0 Å². The molecular weight excluding hydrogens is 220 g/mol. The van der Waals surface area contributed by atoms with E-state index >= 15 is 0 Å². The molecule has 0 rings (SSSR count). The van der Waals surface area contributed by atoms with Crippen molar-refractivity contribution in [2.24, 2.45) is 5.41 Å². The molecule has 12 heavy (non-hydrogen) atoms. The molecule has 0 aliphatic heterocycles. The molecule has 0 heterocycles. The van der Waals surface area contributed by atoms with Gasteiger partial charge in [0.2, 0.25) is 0 Å². The monoisotopic (exact) mass is 234 g/mol. The number of rotatable bonds is 3. The van der Waals surface area contributed by atoms with E-state index in [0.717, 1.165) is 0 Å². The van der Waals surface area contributed by atoms with Crippen LogP contribution in [-0.2, 0) is 9.53 Å². The van der Waals surface area contributed by atoms with Crippen LogP contribution >= 0.6 is 15.9 Å². The molecule has 70 valence electrons. The van der Waals surface area contributed by atoms with Gasteiger partial charge in [-0.05, 0) is 5.41 Å². The molecule has 0 aliphatic carbocycles. The van der Waals surface area contributed by atoms with Crippen LogP contribution in [0.25, 0.3) is 0 Å². The fourth-order valence-electron chi connectivity index (χ4n) is 0.525. The number of hydrogen-bond donors (Lipinski definition) is 0. The van der Waals surface area contributed by atoms with Crippen molar-refractivity contribution in [2.45, 2.75) is 20.8 Å². The molecule has 0 aromatic rings. The minimum atomic E-state index is -0.304. The second-order valence-electron chi connectivity index (χ2n) is 3.55. The number of alkyl halides is 1. The van der Waals surface area contributed by atoms with Crippen molar-refractivity contribution >= 4 is 21.9 Å². The average Bonchev–Trinajstić information content (AvgIpc) is 1.97. The first-order valence-corrected chi connectivity index (χ1v) is 4.94. The number of ether oxygens (including phenoxy) is 1. The van der Waals surface area contributed by atoms with Gasteiger partial charge in [0.15, 0.2) is 0 Å². The second-order valence-corrected chi connectivity index (χ2v) is 4.35. The average molecular weight is 235 g/mol. The maximum atomic E-state index is 11.2. The van der Waals surface area contributed by atoms with Crippen LogP contribution in [0, 0.1) is 5.41 Å². The van der Waals surface area contributed by atoms with Crippen LogP contribution in [0.1, 0.15) is 20.8 Å². The normalized spacial score (nSPS) is 11.0. The Bertz CT molecular complexity index is 179. The maximum absolute atomic E-state index is 11.2. The van der Waals surface area contributed by atoms with Gasteiger partial charge in [0.05, 0.1) is 0 Å². The van der Waals surface area contributed by atoms with E-state index in [-0.39, 0.29) is 11.4 Å². The van der Waals surface area contributed by atoms with Crippen molar-refractivity contribution in [3.05, 3.63) is 12.2 Å². The zero-order chi connectivity index (χ0) is 9.78. The van der Waals surface area contributed by atoms with Gasteiger partial charge in [-0.3, -0.25) is 0 Å². The SMILES string of the molecule is C=C(C(=O)OCCBr)C(C)(C)C. The van der Waals surface area contributed by atoms with E-state index in [4.69, 9.17) is 4.74 Å². The first-order valence-electron chi connectivity index (χ1n) is 3.82. The lowest BCUT2D eigenvalue weighted by molar-refractivity contribution is -0.139. The lowest BCUT2D eigenvalue weighted by atomic mass is 9.88. The molecule has 0 saturated carbocycles. The van der Waals surface area contributed by atoms with Crippen LogP contribution < -0.4 is 0 Å². The molecule has 0 aromatic carbocycles. The first kappa shape index (κ1) is 11.7. The highest BCUT2D eigenvalue weighted by Gasteiger charge is 2.22. The number of hydrogen-bond acceptors (Lipinski definition) is 2. The molecule has 0 atom stereocenters. The van der Waals surface area contributed by atoms with E-state index in [1.165, 1.54) is 0 Å². The summed E-state index contributed by atoms with van der Waals surface area (Å²) in [5.41, 5.74) is 0.312. The van der Waals surface area contributed by atoms with E-state index in [2.05, 4.69) is 22.5 Å². The molecule has 0 amide bonds. The summed E-state index contributed by atoms with van der Waals surface area (Å²) in [4.78, 5) is 11.2. The quantitative estimate of drug-likeness (QED) is 0.427. The summed E-state index contributed by atoms with van der Waals surface area (Å²) in [7, 11) is 0. The Kier molecular flexibility index (Phi) is 4.53. The van der Waals surface area contributed by atoms with Gasteiger partial charge in [-0.25, -0.2) is 4.79 Å². The highest BCUT2D eigenvalue weighted by molar-refractivity contribution is 9.09. The standard InChI is InChI=1S/C9H15BrO2/c1-7(9(2,3)4)8(11)12-6-5-10/h1,5-6H2,2-4H3. The summed E-state index contributed by atoms with van der Waals surface area (Å²) in [6, 6.07) is 0. The lowest BCUT2D eigenvalue weighted by Gasteiger charge is -2.19. The van der Waals surface area contributed by atoms with E-state index < -0.39 is 0 Å². The predicted molar refractivity (Wildman–Crippen MR) is 53.3 cm³/mol. The molecule has 0 saturated heterocycles. The molecule has 0 radical (unpaired) electrons. The van der Waals surface area contributed by atoms with E-state index in [1.54, 1.807) is 0 Å². The molecule has 2 nitrogen and oxygen atoms in total. The largest absolute Gasteiger partial charge is 0.461 e. The minimum absolute atomic E-state index is 0.205. The Labute approximate surface area is 82.1 Å². The summed E-state index contributed by atoms with van der Waals surface area (Å²) in [5, 5.41) is 0.663. The number of esters is 1. The Morgan fingerprint density at radius 2 is 2.00 bits per heavy atom. The highest BCUT2D eigenvalue weighted by atomic mass is 79.9. The van der Waals surface area contributed by atoms with Crippen molar-refractivity contribution in [3.63, 3.8) is 0 Å². The summed E-state index contributed by atoms with van der Waals surface area (Å²) >= 11 is 3.17. The van der Waals surface area contributed by atoms with Gasteiger partial charge in [0, 0.05) is 10.9 Å². The molecule has 3 heteroatoms. The van der Waals surface area contributed by atoms with Crippen LogP contribution in [0.2, 0.25) is 0 Å². The molecule has 0 fully saturated rings. The van der Waals surface area contributed by atoms with Gasteiger partial charge in [-0.1, -0.05) is 43.3 Å². The lowest BCUT2D eigenvalue weighted by Crippen LogP contribution is -2.19. The summed E-state index contributed by atoms with van der Waals surface area (Å²) in [5.74, 6) is -0.304. The molecule has 0 unspecified atom stereocenters. The molecule has 0 bridgehead atoms. The van der Waals surface area contributed by atoms with Gasteiger partial charge < -0.3 is 4.74 Å².